The lowest BCUT2D eigenvalue weighted by Gasteiger charge is -2.20. The number of aliphatic carboxylic acids is 1. The zero-order valence-electron chi connectivity index (χ0n) is 20.6. The van der Waals surface area contributed by atoms with Gasteiger partial charge in [0, 0.05) is 42.2 Å². The fourth-order valence-electron chi connectivity index (χ4n) is 3.28. The van der Waals surface area contributed by atoms with E-state index in [2.05, 4.69) is 25.4 Å². The molecular weight excluding hydrogens is 499 g/mol. The highest BCUT2D eigenvalue weighted by Gasteiger charge is 2.26. The molecular formula is C24H25FN8O5. The van der Waals surface area contributed by atoms with Crippen molar-refractivity contribution in [3.63, 3.8) is 0 Å². The Labute approximate surface area is 215 Å². The quantitative estimate of drug-likeness (QED) is 0.168. The van der Waals surface area contributed by atoms with Crippen molar-refractivity contribution in [2.24, 2.45) is 5.73 Å². The fraction of sp³-hybridized carbons (Fsp3) is 0.167. The topological polar surface area (TPSA) is 194 Å². The number of ether oxygens (including phenoxy) is 2. The molecule has 0 aliphatic rings. The SMILES string of the molecule is CC(=O)O.COc1cc(OC)c(F)c([C@H](Nc2ccc(C(=N)N)cc2)c2nn(-c3ncccn3)c(=O)[nH]2)c1. The minimum Gasteiger partial charge on any atom is -0.497 e. The van der Waals surface area contributed by atoms with E-state index in [1.807, 2.05) is 0 Å². The summed E-state index contributed by atoms with van der Waals surface area (Å²) in [6, 6.07) is 10.2. The van der Waals surface area contributed by atoms with Crippen molar-refractivity contribution in [1.29, 1.82) is 5.41 Å². The molecule has 0 spiro atoms. The van der Waals surface area contributed by atoms with Gasteiger partial charge < -0.3 is 25.6 Å². The molecule has 198 valence electrons. The van der Waals surface area contributed by atoms with E-state index in [1.165, 1.54) is 38.7 Å². The van der Waals surface area contributed by atoms with Gasteiger partial charge in [0.25, 0.3) is 11.9 Å². The van der Waals surface area contributed by atoms with Crippen LogP contribution >= 0.6 is 0 Å². The maximum absolute atomic E-state index is 15.4. The molecule has 2 aromatic carbocycles. The van der Waals surface area contributed by atoms with Crippen LogP contribution in [0.4, 0.5) is 10.1 Å². The maximum atomic E-state index is 15.4. The number of rotatable bonds is 8. The lowest BCUT2D eigenvalue weighted by Crippen LogP contribution is -2.18. The first kappa shape index (κ1) is 27.3. The Bertz CT molecular complexity index is 1470. The van der Waals surface area contributed by atoms with Gasteiger partial charge in [-0.3, -0.25) is 15.2 Å². The van der Waals surface area contributed by atoms with E-state index in [-0.39, 0.29) is 28.9 Å². The zero-order chi connectivity index (χ0) is 27.8. The van der Waals surface area contributed by atoms with E-state index < -0.39 is 23.5 Å². The Morgan fingerprint density at radius 3 is 2.37 bits per heavy atom. The number of nitrogens with two attached hydrogens (primary N) is 1. The number of carboxylic acid groups (broad SMARTS) is 1. The van der Waals surface area contributed by atoms with Crippen LogP contribution in [0.1, 0.15) is 29.9 Å². The van der Waals surface area contributed by atoms with E-state index in [9.17, 15) is 4.79 Å². The Hall–Kier alpha value is -5.27. The molecule has 2 heterocycles. The number of H-pyrrole nitrogens is 1. The number of nitrogen functional groups attached to an aromatic ring is 1. The van der Waals surface area contributed by atoms with Crippen LogP contribution in [-0.2, 0) is 4.79 Å². The van der Waals surface area contributed by atoms with Crippen LogP contribution in [0.5, 0.6) is 11.5 Å². The average molecular weight is 525 g/mol. The van der Waals surface area contributed by atoms with Crippen molar-refractivity contribution < 1.29 is 23.8 Å². The Morgan fingerprint density at radius 1 is 1.18 bits per heavy atom. The molecule has 0 radical (unpaired) electrons. The molecule has 6 N–H and O–H groups in total. The molecule has 4 rings (SSSR count). The number of nitrogens with zero attached hydrogens (tertiary/aromatic N) is 4. The normalized spacial score (nSPS) is 11.1. The molecule has 1 atom stereocenters. The summed E-state index contributed by atoms with van der Waals surface area (Å²) in [5.74, 6) is -1.11. The predicted molar refractivity (Wildman–Crippen MR) is 136 cm³/mol. The third kappa shape index (κ3) is 6.48. The Kier molecular flexibility index (Phi) is 8.71. The van der Waals surface area contributed by atoms with Crippen LogP contribution in [0.25, 0.3) is 5.95 Å². The van der Waals surface area contributed by atoms with Crippen LogP contribution in [-0.4, -0.2) is 55.9 Å². The second-order valence-electron chi connectivity index (χ2n) is 7.60. The standard InChI is InChI=1S/C22H21FN8O3.C2H4O2/c1-33-14-10-15(17(23)16(11-14)34-2)18(28-13-6-4-12(5-7-13)19(24)25)20-29-22(32)31(30-20)21-26-8-3-9-27-21;1-2(3)4/h3-11,18,28H,1-2H3,(H3,24,25)(H,29,30,32);1H3,(H,3,4)/t18-;/m0./s1. The number of amidine groups is 1. The predicted octanol–water partition coefficient (Wildman–Crippen LogP) is 2.08. The summed E-state index contributed by atoms with van der Waals surface area (Å²) in [6.45, 7) is 1.08. The van der Waals surface area contributed by atoms with Gasteiger partial charge in [0.1, 0.15) is 17.6 Å². The third-order valence-electron chi connectivity index (χ3n) is 4.96. The molecule has 14 heteroatoms. The summed E-state index contributed by atoms with van der Waals surface area (Å²) < 4.78 is 26.9. The number of halogens is 1. The second-order valence-corrected chi connectivity index (χ2v) is 7.60. The van der Waals surface area contributed by atoms with Gasteiger partial charge in [0.05, 0.1) is 14.2 Å². The highest BCUT2D eigenvalue weighted by molar-refractivity contribution is 5.95. The molecule has 38 heavy (non-hydrogen) atoms. The number of hydrogen-bond acceptors (Lipinski definition) is 9. The maximum Gasteiger partial charge on any atom is 0.350 e. The van der Waals surface area contributed by atoms with E-state index in [0.29, 0.717) is 17.0 Å². The summed E-state index contributed by atoms with van der Waals surface area (Å²) in [5, 5.41) is 22.4. The van der Waals surface area contributed by atoms with Crippen molar-refractivity contribution in [2.75, 3.05) is 19.5 Å². The van der Waals surface area contributed by atoms with Crippen LogP contribution in [0.3, 0.4) is 0 Å². The number of hydrogen-bond donors (Lipinski definition) is 5. The average Bonchev–Trinajstić information content (AvgIpc) is 3.29. The number of benzene rings is 2. The fourth-order valence-corrected chi connectivity index (χ4v) is 3.28. The largest absolute Gasteiger partial charge is 0.497 e. The highest BCUT2D eigenvalue weighted by atomic mass is 19.1. The second kappa shape index (κ2) is 12.1. The van der Waals surface area contributed by atoms with Crippen molar-refractivity contribution in [3.8, 4) is 17.4 Å². The lowest BCUT2D eigenvalue weighted by molar-refractivity contribution is -0.134. The van der Waals surface area contributed by atoms with Gasteiger partial charge in [-0.05, 0) is 36.4 Å². The summed E-state index contributed by atoms with van der Waals surface area (Å²) in [4.78, 5) is 32.4. The smallest absolute Gasteiger partial charge is 0.350 e. The minimum absolute atomic E-state index is 0.0405. The van der Waals surface area contributed by atoms with E-state index >= 15 is 4.39 Å². The van der Waals surface area contributed by atoms with Crippen molar-refractivity contribution in [3.05, 3.63) is 88.1 Å². The van der Waals surface area contributed by atoms with E-state index in [0.717, 1.165) is 11.6 Å². The number of nitrogens with one attached hydrogen (secondary N) is 3. The van der Waals surface area contributed by atoms with Crippen LogP contribution in [0, 0.1) is 11.2 Å². The molecule has 2 aromatic heterocycles. The number of aromatic nitrogens is 5. The molecule has 0 aliphatic heterocycles. The lowest BCUT2D eigenvalue weighted by atomic mass is 10.0. The van der Waals surface area contributed by atoms with Gasteiger partial charge in [-0.2, -0.15) is 0 Å². The van der Waals surface area contributed by atoms with Gasteiger partial charge in [0.15, 0.2) is 17.4 Å². The monoisotopic (exact) mass is 524 g/mol. The molecule has 0 aliphatic carbocycles. The number of carboxylic acids is 1. The van der Waals surface area contributed by atoms with Crippen LogP contribution in [0.15, 0.2) is 59.7 Å². The van der Waals surface area contributed by atoms with E-state index in [4.69, 9.17) is 30.5 Å². The first-order valence-corrected chi connectivity index (χ1v) is 10.9. The molecule has 0 unspecified atom stereocenters. The first-order valence-electron chi connectivity index (χ1n) is 10.9. The van der Waals surface area contributed by atoms with Gasteiger partial charge in [0.2, 0.25) is 0 Å². The molecule has 0 fully saturated rings. The molecule has 13 nitrogen and oxygen atoms in total. The minimum atomic E-state index is -0.968. The summed E-state index contributed by atoms with van der Waals surface area (Å²) in [7, 11) is 2.79. The van der Waals surface area contributed by atoms with Gasteiger partial charge >= 0.3 is 5.69 Å². The van der Waals surface area contributed by atoms with Crippen molar-refractivity contribution >= 4 is 17.5 Å². The van der Waals surface area contributed by atoms with Crippen molar-refractivity contribution in [1.82, 2.24) is 24.7 Å². The Morgan fingerprint density at radius 2 is 1.82 bits per heavy atom. The van der Waals surface area contributed by atoms with Crippen LogP contribution in [0.2, 0.25) is 0 Å². The van der Waals surface area contributed by atoms with Gasteiger partial charge in [-0.25, -0.2) is 19.2 Å². The highest BCUT2D eigenvalue weighted by Crippen LogP contribution is 2.34. The van der Waals surface area contributed by atoms with Gasteiger partial charge in [-0.1, -0.05) is 0 Å². The number of methoxy groups -OCH3 is 2. The molecule has 0 saturated carbocycles. The number of carbonyl (C=O) groups is 1. The van der Waals surface area contributed by atoms with Crippen molar-refractivity contribution in [2.45, 2.75) is 13.0 Å². The zero-order valence-corrected chi connectivity index (χ0v) is 20.6. The number of aromatic amines is 1. The summed E-state index contributed by atoms with van der Waals surface area (Å²) >= 11 is 0. The molecule has 0 saturated heterocycles. The third-order valence-corrected chi connectivity index (χ3v) is 4.96. The van der Waals surface area contributed by atoms with Gasteiger partial charge in [-0.15, -0.1) is 9.78 Å². The summed E-state index contributed by atoms with van der Waals surface area (Å²) in [5.41, 5.74) is 6.12. The van der Waals surface area contributed by atoms with Crippen LogP contribution < -0.4 is 26.2 Å². The Balaban J connectivity index is 0.000000934. The summed E-state index contributed by atoms with van der Waals surface area (Å²) in [6.07, 6.45) is 2.95. The molecule has 0 amide bonds. The number of anilines is 1. The molecule has 4 aromatic rings. The van der Waals surface area contributed by atoms with E-state index in [1.54, 1.807) is 30.3 Å². The molecule has 0 bridgehead atoms. The first-order chi connectivity index (χ1) is 18.1.